The number of nitrogens with zero attached hydrogens (tertiary/aromatic N) is 1. The fourth-order valence-corrected chi connectivity index (χ4v) is 1.66. The highest BCUT2D eigenvalue weighted by molar-refractivity contribution is 5.97. The molecule has 0 amide bonds. The van der Waals surface area contributed by atoms with Gasteiger partial charge in [0.2, 0.25) is 0 Å². The Labute approximate surface area is 105 Å². The zero-order valence-electron chi connectivity index (χ0n) is 9.90. The molecule has 4 heteroatoms. The van der Waals surface area contributed by atoms with E-state index in [9.17, 15) is 4.79 Å². The van der Waals surface area contributed by atoms with Crippen LogP contribution in [0.1, 0.15) is 17.4 Å². The molecule has 90 valence electrons. The number of pyridine rings is 1. The average molecular weight is 240 g/mol. The first-order valence-corrected chi connectivity index (χ1v) is 5.49. The molecular formula is C14H12N2O2. The summed E-state index contributed by atoms with van der Waals surface area (Å²) in [5, 5.41) is 13.8. The molecule has 2 N–H and O–H groups in total. The van der Waals surface area contributed by atoms with Crippen LogP contribution >= 0.6 is 0 Å². The van der Waals surface area contributed by atoms with Crippen molar-refractivity contribution in [2.24, 2.45) is 0 Å². The van der Waals surface area contributed by atoms with Crippen molar-refractivity contribution in [3.05, 3.63) is 36.0 Å². The number of carboxylic acid groups (broad SMARTS) is 1. The van der Waals surface area contributed by atoms with E-state index in [2.05, 4.69) is 22.1 Å². The van der Waals surface area contributed by atoms with E-state index in [1.54, 1.807) is 13.0 Å². The molecule has 0 bridgehead atoms. The second kappa shape index (κ2) is 5.19. The Balaban J connectivity index is 2.52. The molecule has 1 heterocycles. The summed E-state index contributed by atoms with van der Waals surface area (Å²) in [6, 6.07) is 9.08. The maximum absolute atomic E-state index is 11.0. The molecule has 0 radical (unpaired) electrons. The molecule has 4 nitrogen and oxygen atoms in total. The molecule has 0 unspecified atom stereocenters. The third-order valence-electron chi connectivity index (χ3n) is 2.48. The molecule has 1 aromatic heterocycles. The predicted octanol–water partition coefficient (Wildman–Crippen LogP) is 2.37. The van der Waals surface area contributed by atoms with Crippen LogP contribution in [0.15, 0.2) is 30.3 Å². The Bertz CT molecular complexity index is 654. The van der Waals surface area contributed by atoms with Crippen molar-refractivity contribution in [1.82, 2.24) is 4.98 Å². The Morgan fingerprint density at radius 1 is 1.44 bits per heavy atom. The van der Waals surface area contributed by atoms with Gasteiger partial charge < -0.3 is 10.4 Å². The Morgan fingerprint density at radius 2 is 2.22 bits per heavy atom. The lowest BCUT2D eigenvalue weighted by molar-refractivity contribution is 0.0691. The standard InChI is InChI=1S/C14H12N2O2/c1-2-3-8-15-13-11-7-5-4-6-10(11)9-12(16-13)14(17)18/h4-7,9H,8H2,1H3,(H,15,16)(H,17,18). The second-order valence-electron chi connectivity index (χ2n) is 3.66. The number of carbonyl (C=O) groups is 1. The van der Waals surface area contributed by atoms with Gasteiger partial charge in [0.1, 0.15) is 5.82 Å². The minimum absolute atomic E-state index is 0.0284. The molecule has 0 atom stereocenters. The van der Waals surface area contributed by atoms with Gasteiger partial charge >= 0.3 is 5.97 Å². The summed E-state index contributed by atoms with van der Waals surface area (Å²) < 4.78 is 0. The first-order valence-electron chi connectivity index (χ1n) is 5.49. The van der Waals surface area contributed by atoms with Crippen molar-refractivity contribution in [3.8, 4) is 11.8 Å². The highest BCUT2D eigenvalue weighted by Crippen LogP contribution is 2.22. The number of aromatic nitrogens is 1. The molecular weight excluding hydrogens is 228 g/mol. The summed E-state index contributed by atoms with van der Waals surface area (Å²) in [5.74, 6) is 5.14. The van der Waals surface area contributed by atoms with Crippen LogP contribution in [-0.4, -0.2) is 22.6 Å². The lowest BCUT2D eigenvalue weighted by Gasteiger charge is -2.07. The molecule has 0 aliphatic carbocycles. The van der Waals surface area contributed by atoms with E-state index >= 15 is 0 Å². The van der Waals surface area contributed by atoms with Crippen LogP contribution in [0.25, 0.3) is 10.8 Å². The first-order chi connectivity index (χ1) is 8.72. The smallest absolute Gasteiger partial charge is 0.354 e. The number of hydrogen-bond donors (Lipinski definition) is 2. The summed E-state index contributed by atoms with van der Waals surface area (Å²) in [7, 11) is 0. The zero-order valence-corrected chi connectivity index (χ0v) is 9.90. The van der Waals surface area contributed by atoms with Crippen molar-refractivity contribution in [2.45, 2.75) is 6.92 Å². The monoisotopic (exact) mass is 240 g/mol. The van der Waals surface area contributed by atoms with Crippen LogP contribution in [0.5, 0.6) is 0 Å². The molecule has 0 fully saturated rings. The molecule has 0 spiro atoms. The normalized spacial score (nSPS) is 9.61. The Kier molecular flexibility index (Phi) is 3.44. The predicted molar refractivity (Wildman–Crippen MR) is 70.6 cm³/mol. The van der Waals surface area contributed by atoms with Gasteiger partial charge in [-0.3, -0.25) is 0 Å². The van der Waals surface area contributed by atoms with Gasteiger partial charge in [0.25, 0.3) is 0 Å². The molecule has 0 saturated carbocycles. The third-order valence-corrected chi connectivity index (χ3v) is 2.48. The molecule has 0 aliphatic heterocycles. The lowest BCUT2D eigenvalue weighted by Crippen LogP contribution is -2.07. The highest BCUT2D eigenvalue weighted by Gasteiger charge is 2.09. The van der Waals surface area contributed by atoms with E-state index in [4.69, 9.17) is 5.11 Å². The number of anilines is 1. The van der Waals surface area contributed by atoms with E-state index in [0.717, 1.165) is 10.8 Å². The second-order valence-corrected chi connectivity index (χ2v) is 3.66. The molecule has 0 saturated heterocycles. The topological polar surface area (TPSA) is 62.2 Å². The minimum Gasteiger partial charge on any atom is -0.477 e. The number of fused-ring (bicyclic) bond motifs is 1. The number of nitrogens with one attached hydrogen (secondary N) is 1. The van der Waals surface area contributed by atoms with Gasteiger partial charge in [0.15, 0.2) is 5.69 Å². The lowest BCUT2D eigenvalue weighted by atomic mass is 10.1. The third kappa shape index (κ3) is 2.41. The molecule has 1 aromatic carbocycles. The zero-order chi connectivity index (χ0) is 13.0. The minimum atomic E-state index is -1.04. The number of benzene rings is 1. The van der Waals surface area contributed by atoms with E-state index < -0.39 is 5.97 Å². The summed E-state index contributed by atoms with van der Waals surface area (Å²) >= 11 is 0. The number of aromatic carboxylic acids is 1. The van der Waals surface area contributed by atoms with Gasteiger partial charge in [-0.25, -0.2) is 9.78 Å². The van der Waals surface area contributed by atoms with Crippen LogP contribution in [0, 0.1) is 11.8 Å². The maximum Gasteiger partial charge on any atom is 0.354 e. The van der Waals surface area contributed by atoms with Gasteiger partial charge in [0.05, 0.1) is 6.54 Å². The van der Waals surface area contributed by atoms with Gasteiger partial charge in [-0.05, 0) is 18.4 Å². The summed E-state index contributed by atoms with van der Waals surface area (Å²) in [5.41, 5.74) is 0.0284. The van der Waals surface area contributed by atoms with Crippen LogP contribution in [-0.2, 0) is 0 Å². The fourth-order valence-electron chi connectivity index (χ4n) is 1.66. The Hall–Kier alpha value is -2.54. The van der Waals surface area contributed by atoms with Crippen LogP contribution in [0.3, 0.4) is 0 Å². The largest absolute Gasteiger partial charge is 0.477 e. The Morgan fingerprint density at radius 3 is 2.94 bits per heavy atom. The molecule has 2 rings (SSSR count). The number of hydrogen-bond acceptors (Lipinski definition) is 3. The van der Waals surface area contributed by atoms with E-state index in [1.807, 2.05) is 24.3 Å². The summed E-state index contributed by atoms with van der Waals surface area (Å²) in [6.07, 6.45) is 0. The van der Waals surface area contributed by atoms with Crippen LogP contribution < -0.4 is 5.32 Å². The van der Waals surface area contributed by atoms with E-state index in [-0.39, 0.29) is 5.69 Å². The first kappa shape index (κ1) is 11.9. The van der Waals surface area contributed by atoms with Gasteiger partial charge in [-0.15, -0.1) is 5.92 Å². The summed E-state index contributed by atoms with van der Waals surface area (Å²) in [6.45, 7) is 2.19. The van der Waals surface area contributed by atoms with Crippen molar-refractivity contribution >= 4 is 22.6 Å². The van der Waals surface area contributed by atoms with Crippen molar-refractivity contribution in [2.75, 3.05) is 11.9 Å². The molecule has 0 aliphatic rings. The van der Waals surface area contributed by atoms with Crippen molar-refractivity contribution in [1.29, 1.82) is 0 Å². The van der Waals surface area contributed by atoms with Crippen LogP contribution in [0.2, 0.25) is 0 Å². The van der Waals surface area contributed by atoms with E-state index in [1.165, 1.54) is 0 Å². The molecule has 18 heavy (non-hydrogen) atoms. The summed E-state index contributed by atoms with van der Waals surface area (Å²) in [4.78, 5) is 15.1. The molecule has 2 aromatic rings. The van der Waals surface area contributed by atoms with Crippen molar-refractivity contribution < 1.29 is 9.90 Å². The number of rotatable bonds is 3. The van der Waals surface area contributed by atoms with Gasteiger partial charge in [0, 0.05) is 5.39 Å². The fraction of sp³-hybridized carbons (Fsp3) is 0.143. The number of carboxylic acids is 1. The quantitative estimate of drug-likeness (QED) is 0.808. The maximum atomic E-state index is 11.0. The average Bonchev–Trinajstić information content (AvgIpc) is 2.38. The highest BCUT2D eigenvalue weighted by atomic mass is 16.4. The SMILES string of the molecule is CC#CCNc1nc(C(=O)O)cc2ccccc12. The van der Waals surface area contributed by atoms with Gasteiger partial charge in [-0.1, -0.05) is 30.2 Å². The van der Waals surface area contributed by atoms with Crippen molar-refractivity contribution in [3.63, 3.8) is 0 Å². The van der Waals surface area contributed by atoms with E-state index in [0.29, 0.717) is 12.4 Å². The van der Waals surface area contributed by atoms with Gasteiger partial charge in [-0.2, -0.15) is 0 Å². The van der Waals surface area contributed by atoms with Crippen LogP contribution in [0.4, 0.5) is 5.82 Å².